The van der Waals surface area contributed by atoms with Crippen LogP contribution in [0.25, 0.3) is 6.08 Å². The van der Waals surface area contributed by atoms with Gasteiger partial charge in [0.15, 0.2) is 5.13 Å². The number of nitrogens with zero attached hydrogens (tertiary/aromatic N) is 2. The number of hydrogen-bond donors (Lipinski definition) is 1. The molecular weight excluding hydrogens is 354 g/mol. The lowest BCUT2D eigenvalue weighted by atomic mass is 10.3. The van der Waals surface area contributed by atoms with Crippen molar-refractivity contribution in [2.24, 2.45) is 0 Å². The summed E-state index contributed by atoms with van der Waals surface area (Å²) in [6, 6.07) is 3.72. The Morgan fingerprint density at radius 1 is 1.43 bits per heavy atom. The maximum atomic E-state index is 12.3. The minimum absolute atomic E-state index is 0.314. The number of aromatic nitrogens is 1. The van der Waals surface area contributed by atoms with Crippen LogP contribution >= 0.6 is 34.4 Å². The molecular formula is C14H11N3O3S3. The fraction of sp³-hybridized carbons (Fsp3) is 0.143. The third kappa shape index (κ3) is 3.69. The number of hydrogen-bond acceptors (Lipinski definition) is 7. The quantitative estimate of drug-likeness (QED) is 0.842. The molecule has 9 heteroatoms. The Morgan fingerprint density at radius 2 is 2.26 bits per heavy atom. The summed E-state index contributed by atoms with van der Waals surface area (Å²) >= 11 is 3.65. The molecule has 0 radical (unpaired) electrons. The van der Waals surface area contributed by atoms with E-state index in [1.165, 1.54) is 22.7 Å². The normalized spacial score (nSPS) is 16.4. The molecule has 0 bridgehead atoms. The second-order valence-electron chi connectivity index (χ2n) is 4.61. The smallest absolute Gasteiger partial charge is 0.294 e. The second-order valence-corrected chi connectivity index (χ2v) is 7.81. The zero-order valence-corrected chi connectivity index (χ0v) is 14.4. The van der Waals surface area contributed by atoms with Crippen molar-refractivity contribution in [3.63, 3.8) is 0 Å². The fourth-order valence-electron chi connectivity index (χ4n) is 1.85. The SMILES string of the molecule is Cc1cnc(NC(=O)CN2C(=O)S/C(=C/c3cccs3)C2=O)s1. The Bertz CT molecular complexity index is 795. The average molecular weight is 365 g/mol. The van der Waals surface area contributed by atoms with E-state index < -0.39 is 17.1 Å². The van der Waals surface area contributed by atoms with Gasteiger partial charge in [0.25, 0.3) is 11.1 Å². The minimum Gasteiger partial charge on any atom is -0.300 e. The number of nitrogens with one attached hydrogen (secondary N) is 1. The second kappa shape index (κ2) is 6.65. The molecule has 118 valence electrons. The van der Waals surface area contributed by atoms with Gasteiger partial charge in [-0.2, -0.15) is 0 Å². The molecule has 0 atom stereocenters. The number of amides is 3. The summed E-state index contributed by atoms with van der Waals surface area (Å²) in [6.45, 7) is 1.56. The molecule has 0 aliphatic carbocycles. The molecule has 2 aromatic heterocycles. The molecule has 0 spiro atoms. The summed E-state index contributed by atoms with van der Waals surface area (Å²) in [5.74, 6) is -0.891. The standard InChI is InChI=1S/C14H11N3O3S3/c1-8-6-15-13(22-8)16-11(18)7-17-12(19)10(23-14(17)20)5-9-3-2-4-21-9/h2-6H,7H2,1H3,(H,15,16,18)/b10-5+. The Kier molecular flexibility index (Phi) is 4.60. The number of anilines is 1. The van der Waals surface area contributed by atoms with Crippen LogP contribution in [-0.2, 0) is 9.59 Å². The zero-order valence-electron chi connectivity index (χ0n) is 11.9. The molecule has 0 aromatic carbocycles. The number of thioether (sulfide) groups is 1. The lowest BCUT2D eigenvalue weighted by molar-refractivity contribution is -0.127. The Balaban J connectivity index is 1.67. The van der Waals surface area contributed by atoms with Gasteiger partial charge < -0.3 is 5.32 Å². The molecule has 0 unspecified atom stereocenters. The van der Waals surface area contributed by atoms with E-state index in [1.54, 1.807) is 12.3 Å². The number of rotatable bonds is 4. The van der Waals surface area contributed by atoms with Gasteiger partial charge in [-0.05, 0) is 36.2 Å². The van der Waals surface area contributed by atoms with E-state index in [9.17, 15) is 14.4 Å². The molecule has 1 aliphatic rings. The molecule has 1 saturated heterocycles. The minimum atomic E-state index is -0.445. The van der Waals surface area contributed by atoms with E-state index in [0.29, 0.717) is 10.0 Å². The fourth-order valence-corrected chi connectivity index (χ4v) is 4.10. The topological polar surface area (TPSA) is 79.4 Å². The Hall–Kier alpha value is -1.97. The molecule has 1 fully saturated rings. The molecule has 3 rings (SSSR count). The van der Waals surface area contributed by atoms with Gasteiger partial charge >= 0.3 is 0 Å². The number of imide groups is 1. The van der Waals surface area contributed by atoms with Gasteiger partial charge in [0.2, 0.25) is 5.91 Å². The van der Waals surface area contributed by atoms with Crippen LogP contribution in [0.4, 0.5) is 9.93 Å². The largest absolute Gasteiger partial charge is 0.300 e. The first kappa shape index (κ1) is 15.9. The van der Waals surface area contributed by atoms with Gasteiger partial charge in [0, 0.05) is 16.0 Å². The first-order valence-corrected chi connectivity index (χ1v) is 9.05. The molecule has 3 heterocycles. The zero-order chi connectivity index (χ0) is 16.4. The van der Waals surface area contributed by atoms with Gasteiger partial charge in [-0.3, -0.25) is 19.3 Å². The highest BCUT2D eigenvalue weighted by atomic mass is 32.2. The van der Waals surface area contributed by atoms with E-state index in [1.807, 2.05) is 24.4 Å². The number of thiazole rings is 1. The molecule has 1 N–H and O–H groups in total. The van der Waals surface area contributed by atoms with Gasteiger partial charge in [0.05, 0.1) is 4.91 Å². The molecule has 0 saturated carbocycles. The predicted molar refractivity (Wildman–Crippen MR) is 92.5 cm³/mol. The maximum absolute atomic E-state index is 12.3. The third-order valence-electron chi connectivity index (χ3n) is 2.86. The van der Waals surface area contributed by atoms with Gasteiger partial charge in [-0.1, -0.05) is 6.07 Å². The van der Waals surface area contributed by atoms with Crippen LogP contribution in [0.3, 0.4) is 0 Å². The Morgan fingerprint density at radius 3 is 2.91 bits per heavy atom. The summed E-state index contributed by atoms with van der Waals surface area (Å²) < 4.78 is 0. The van der Waals surface area contributed by atoms with Crippen LogP contribution in [-0.4, -0.2) is 33.5 Å². The predicted octanol–water partition coefficient (Wildman–Crippen LogP) is 3.19. The number of aryl methyl sites for hydroxylation is 1. The lowest BCUT2D eigenvalue weighted by Gasteiger charge is -2.11. The molecule has 1 aliphatic heterocycles. The van der Waals surface area contributed by atoms with E-state index in [-0.39, 0.29) is 6.54 Å². The third-order valence-corrected chi connectivity index (χ3v) is 5.41. The van der Waals surface area contributed by atoms with Gasteiger partial charge in [0.1, 0.15) is 6.54 Å². The summed E-state index contributed by atoms with van der Waals surface area (Å²) in [4.78, 5) is 43.3. The highest BCUT2D eigenvalue weighted by Crippen LogP contribution is 2.32. The van der Waals surface area contributed by atoms with Gasteiger partial charge in [-0.15, -0.1) is 22.7 Å². The number of carbonyl (C=O) groups is 3. The Labute approximate surface area is 144 Å². The first-order valence-electron chi connectivity index (χ1n) is 6.54. The maximum Gasteiger partial charge on any atom is 0.294 e. The summed E-state index contributed by atoms with van der Waals surface area (Å²) in [5.41, 5.74) is 0. The van der Waals surface area contributed by atoms with E-state index >= 15 is 0 Å². The average Bonchev–Trinajstić information content (AvgIpc) is 3.19. The molecule has 2 aromatic rings. The summed E-state index contributed by atoms with van der Waals surface area (Å²) in [7, 11) is 0. The van der Waals surface area contributed by atoms with Crippen LogP contribution in [0.5, 0.6) is 0 Å². The van der Waals surface area contributed by atoms with Crippen molar-refractivity contribution < 1.29 is 14.4 Å². The van der Waals surface area contributed by atoms with Crippen molar-refractivity contribution in [1.29, 1.82) is 0 Å². The summed E-state index contributed by atoms with van der Waals surface area (Å²) in [6.07, 6.45) is 3.31. The molecule has 23 heavy (non-hydrogen) atoms. The van der Waals surface area contributed by atoms with E-state index in [0.717, 1.165) is 26.4 Å². The van der Waals surface area contributed by atoms with E-state index in [2.05, 4.69) is 10.3 Å². The van der Waals surface area contributed by atoms with Crippen molar-refractivity contribution in [2.75, 3.05) is 11.9 Å². The van der Waals surface area contributed by atoms with E-state index in [4.69, 9.17) is 0 Å². The van der Waals surface area contributed by atoms with Crippen LogP contribution in [0, 0.1) is 6.92 Å². The first-order chi connectivity index (χ1) is 11.0. The van der Waals surface area contributed by atoms with Crippen LogP contribution in [0.15, 0.2) is 28.6 Å². The van der Waals surface area contributed by atoms with Crippen molar-refractivity contribution in [2.45, 2.75) is 6.92 Å². The van der Waals surface area contributed by atoms with Crippen molar-refractivity contribution >= 4 is 62.7 Å². The number of carbonyl (C=O) groups excluding carboxylic acids is 3. The lowest BCUT2D eigenvalue weighted by Crippen LogP contribution is -2.36. The number of thiophene rings is 1. The van der Waals surface area contributed by atoms with Crippen molar-refractivity contribution in [3.05, 3.63) is 38.4 Å². The molecule has 6 nitrogen and oxygen atoms in total. The van der Waals surface area contributed by atoms with Crippen LogP contribution in [0.1, 0.15) is 9.75 Å². The molecule has 3 amide bonds. The van der Waals surface area contributed by atoms with Crippen molar-refractivity contribution in [3.8, 4) is 0 Å². The highest BCUT2D eigenvalue weighted by Gasteiger charge is 2.36. The van der Waals surface area contributed by atoms with Crippen LogP contribution < -0.4 is 5.32 Å². The van der Waals surface area contributed by atoms with Gasteiger partial charge in [-0.25, -0.2) is 4.98 Å². The highest BCUT2D eigenvalue weighted by molar-refractivity contribution is 8.18. The van der Waals surface area contributed by atoms with Crippen molar-refractivity contribution in [1.82, 2.24) is 9.88 Å². The monoisotopic (exact) mass is 365 g/mol. The summed E-state index contributed by atoms with van der Waals surface area (Å²) in [5, 5.41) is 4.49. The van der Waals surface area contributed by atoms with Crippen LogP contribution in [0.2, 0.25) is 0 Å².